The van der Waals surface area contributed by atoms with Crippen LogP contribution in [-0.4, -0.2) is 26.7 Å². The molecule has 4 aromatic rings. The summed E-state index contributed by atoms with van der Waals surface area (Å²) < 4.78 is 2.35. The number of para-hydroxylation sites is 1. The van der Waals surface area contributed by atoms with Crippen molar-refractivity contribution in [3.8, 4) is 11.1 Å². The molecule has 3 aromatic carbocycles. The number of hydrogen-bond donors (Lipinski definition) is 2. The van der Waals surface area contributed by atoms with Crippen LogP contribution in [0.1, 0.15) is 66.2 Å². The predicted octanol–water partition coefficient (Wildman–Crippen LogP) is 7.22. The molecule has 5 nitrogen and oxygen atoms in total. The normalized spacial score (nSPS) is 11.3. The van der Waals surface area contributed by atoms with Gasteiger partial charge in [0.05, 0.1) is 11.1 Å². The van der Waals surface area contributed by atoms with Crippen molar-refractivity contribution in [2.75, 3.05) is 0 Å². The Bertz CT molecular complexity index is 1320. The van der Waals surface area contributed by atoms with E-state index in [0.29, 0.717) is 11.1 Å². The standard InChI is InChI=1S/C28H29NO4/c1-2-3-4-5-6-9-16-29-25-11-8-7-10-21(25)24-17-19(13-15-26(24)29)23-18-20(27(30)31)12-14-22(23)28(32)33/h7-8,10-15,17-18H,2-6,9,16H2,1H3,(H,30,31)(H,32,33). The van der Waals surface area contributed by atoms with Crippen molar-refractivity contribution in [2.24, 2.45) is 0 Å². The maximum atomic E-state index is 11.8. The maximum Gasteiger partial charge on any atom is 0.336 e. The first-order valence-electron chi connectivity index (χ1n) is 11.6. The Morgan fingerprint density at radius 1 is 0.758 bits per heavy atom. The fourth-order valence-corrected chi connectivity index (χ4v) is 4.61. The molecule has 1 aromatic heterocycles. The number of carboxylic acid groups (broad SMARTS) is 2. The third-order valence-corrected chi connectivity index (χ3v) is 6.32. The van der Waals surface area contributed by atoms with Gasteiger partial charge in [0, 0.05) is 28.4 Å². The lowest BCUT2D eigenvalue weighted by molar-refractivity contribution is 0.0682. The zero-order valence-electron chi connectivity index (χ0n) is 18.9. The van der Waals surface area contributed by atoms with E-state index in [9.17, 15) is 19.8 Å². The summed E-state index contributed by atoms with van der Waals surface area (Å²) in [6.45, 7) is 3.16. The topological polar surface area (TPSA) is 79.5 Å². The first-order chi connectivity index (χ1) is 16.0. The molecule has 0 saturated carbocycles. The molecule has 0 aliphatic heterocycles. The smallest absolute Gasteiger partial charge is 0.336 e. The SMILES string of the molecule is CCCCCCCCn1c2ccccc2c2cc(-c3cc(C(=O)O)ccc3C(=O)O)ccc21. The molecule has 4 rings (SSSR count). The van der Waals surface area contributed by atoms with Gasteiger partial charge in [-0.3, -0.25) is 0 Å². The van der Waals surface area contributed by atoms with Gasteiger partial charge in [-0.1, -0.05) is 63.3 Å². The minimum Gasteiger partial charge on any atom is -0.478 e. The minimum absolute atomic E-state index is 0.0700. The molecular weight excluding hydrogens is 414 g/mol. The van der Waals surface area contributed by atoms with Gasteiger partial charge in [-0.15, -0.1) is 0 Å². The van der Waals surface area contributed by atoms with E-state index in [1.165, 1.54) is 50.3 Å². The molecule has 1 heterocycles. The van der Waals surface area contributed by atoms with Crippen molar-refractivity contribution in [1.29, 1.82) is 0 Å². The van der Waals surface area contributed by atoms with E-state index in [-0.39, 0.29) is 11.1 Å². The molecule has 33 heavy (non-hydrogen) atoms. The highest BCUT2D eigenvalue weighted by Gasteiger charge is 2.17. The summed E-state index contributed by atoms with van der Waals surface area (Å²) in [5, 5.41) is 21.2. The van der Waals surface area contributed by atoms with E-state index in [2.05, 4.69) is 23.6 Å². The Balaban J connectivity index is 1.76. The third-order valence-electron chi connectivity index (χ3n) is 6.32. The number of aromatic nitrogens is 1. The van der Waals surface area contributed by atoms with E-state index in [1.807, 2.05) is 30.3 Å². The van der Waals surface area contributed by atoms with Crippen LogP contribution in [0.2, 0.25) is 0 Å². The molecule has 0 aliphatic rings. The number of aryl methyl sites for hydroxylation is 1. The number of aromatic carboxylic acids is 2. The largest absolute Gasteiger partial charge is 0.478 e. The van der Waals surface area contributed by atoms with Gasteiger partial charge in [-0.2, -0.15) is 0 Å². The fraction of sp³-hybridized carbons (Fsp3) is 0.286. The van der Waals surface area contributed by atoms with E-state index in [1.54, 1.807) is 0 Å². The summed E-state index contributed by atoms with van der Waals surface area (Å²) in [5.74, 6) is -2.16. The van der Waals surface area contributed by atoms with Crippen LogP contribution < -0.4 is 0 Å². The molecule has 170 valence electrons. The van der Waals surface area contributed by atoms with Crippen LogP contribution >= 0.6 is 0 Å². The number of hydrogen-bond acceptors (Lipinski definition) is 2. The molecule has 0 atom stereocenters. The number of unbranched alkanes of at least 4 members (excludes halogenated alkanes) is 5. The Morgan fingerprint density at radius 3 is 2.24 bits per heavy atom. The van der Waals surface area contributed by atoms with Gasteiger partial charge < -0.3 is 14.8 Å². The molecular formula is C28H29NO4. The van der Waals surface area contributed by atoms with Crippen molar-refractivity contribution in [2.45, 2.75) is 52.0 Å². The number of benzene rings is 3. The van der Waals surface area contributed by atoms with Gasteiger partial charge in [0.2, 0.25) is 0 Å². The summed E-state index contributed by atoms with van der Waals surface area (Å²) in [5.41, 5.74) is 3.55. The van der Waals surface area contributed by atoms with Crippen molar-refractivity contribution in [1.82, 2.24) is 4.57 Å². The highest BCUT2D eigenvalue weighted by atomic mass is 16.4. The van der Waals surface area contributed by atoms with Gasteiger partial charge in [0.15, 0.2) is 0 Å². The molecule has 5 heteroatoms. The van der Waals surface area contributed by atoms with Crippen LogP contribution in [0.25, 0.3) is 32.9 Å². The lowest BCUT2D eigenvalue weighted by Crippen LogP contribution is -2.03. The number of carboxylic acids is 2. The molecule has 0 amide bonds. The molecule has 0 spiro atoms. The second-order valence-corrected chi connectivity index (χ2v) is 8.54. The monoisotopic (exact) mass is 443 g/mol. The van der Waals surface area contributed by atoms with E-state index < -0.39 is 11.9 Å². The number of carbonyl (C=O) groups is 2. The maximum absolute atomic E-state index is 11.8. The van der Waals surface area contributed by atoms with E-state index in [4.69, 9.17) is 0 Å². The Hall–Kier alpha value is -3.60. The lowest BCUT2D eigenvalue weighted by atomic mass is 9.96. The van der Waals surface area contributed by atoms with Gasteiger partial charge >= 0.3 is 11.9 Å². The fourth-order valence-electron chi connectivity index (χ4n) is 4.61. The quantitative estimate of drug-likeness (QED) is 0.254. The zero-order chi connectivity index (χ0) is 23.4. The van der Waals surface area contributed by atoms with Gasteiger partial charge in [-0.05, 0) is 53.9 Å². The van der Waals surface area contributed by atoms with E-state index >= 15 is 0 Å². The second kappa shape index (κ2) is 9.90. The van der Waals surface area contributed by atoms with Gasteiger partial charge in [0.1, 0.15) is 0 Å². The van der Waals surface area contributed by atoms with Crippen molar-refractivity contribution < 1.29 is 19.8 Å². The summed E-state index contributed by atoms with van der Waals surface area (Å²) in [6.07, 6.45) is 7.40. The van der Waals surface area contributed by atoms with Crippen LogP contribution in [0.3, 0.4) is 0 Å². The molecule has 0 bridgehead atoms. The first kappa shape index (κ1) is 22.6. The highest BCUT2D eigenvalue weighted by Crippen LogP contribution is 2.34. The molecule has 2 N–H and O–H groups in total. The predicted molar refractivity (Wildman–Crippen MR) is 132 cm³/mol. The van der Waals surface area contributed by atoms with Gasteiger partial charge in [-0.25, -0.2) is 9.59 Å². The molecule has 0 unspecified atom stereocenters. The first-order valence-corrected chi connectivity index (χ1v) is 11.6. The van der Waals surface area contributed by atoms with Crippen LogP contribution in [0.5, 0.6) is 0 Å². The molecule has 0 radical (unpaired) electrons. The van der Waals surface area contributed by atoms with Crippen LogP contribution in [0, 0.1) is 0 Å². The van der Waals surface area contributed by atoms with Crippen molar-refractivity contribution in [3.63, 3.8) is 0 Å². The van der Waals surface area contributed by atoms with Crippen LogP contribution in [0.4, 0.5) is 0 Å². The average Bonchev–Trinajstić information content (AvgIpc) is 3.14. The van der Waals surface area contributed by atoms with Gasteiger partial charge in [0.25, 0.3) is 0 Å². The number of fused-ring (bicyclic) bond motifs is 3. The van der Waals surface area contributed by atoms with Crippen LogP contribution in [0.15, 0.2) is 60.7 Å². The van der Waals surface area contributed by atoms with E-state index in [0.717, 1.165) is 34.8 Å². The molecule has 0 saturated heterocycles. The average molecular weight is 444 g/mol. The van der Waals surface area contributed by atoms with Crippen LogP contribution in [-0.2, 0) is 6.54 Å². The van der Waals surface area contributed by atoms with Crippen molar-refractivity contribution in [3.05, 3.63) is 71.8 Å². The Kier molecular flexibility index (Phi) is 6.78. The van der Waals surface area contributed by atoms with Crippen molar-refractivity contribution >= 4 is 33.7 Å². The summed E-state index contributed by atoms with van der Waals surface area (Å²) in [7, 11) is 0. The summed E-state index contributed by atoms with van der Waals surface area (Å²) in [6, 6.07) is 18.3. The number of nitrogens with zero attached hydrogens (tertiary/aromatic N) is 1. The lowest BCUT2D eigenvalue weighted by Gasteiger charge is -2.10. The Labute approximate surface area is 193 Å². The zero-order valence-corrected chi connectivity index (χ0v) is 18.9. The second-order valence-electron chi connectivity index (χ2n) is 8.54. The molecule has 0 fully saturated rings. The third kappa shape index (κ3) is 4.63. The highest BCUT2D eigenvalue weighted by molar-refractivity contribution is 6.10. The molecule has 0 aliphatic carbocycles. The minimum atomic E-state index is -1.08. The Morgan fingerprint density at radius 2 is 1.48 bits per heavy atom. The summed E-state index contributed by atoms with van der Waals surface area (Å²) >= 11 is 0. The number of rotatable bonds is 10. The summed E-state index contributed by atoms with van der Waals surface area (Å²) in [4.78, 5) is 23.3.